The van der Waals surface area contributed by atoms with Gasteiger partial charge in [0.2, 0.25) is 0 Å². The number of piperazine rings is 1. The SMILES string of the molecule is COC(C)(OC)C(C)Nc1cc(N2CCNCC2)ccc1C(=O)C(F)(F)F.Cl. The number of nitrogens with one attached hydrogen (secondary N) is 2. The average Bonchev–Trinajstić information content (AvgIpc) is 2.66. The molecule has 1 aromatic rings. The molecular formula is C18H27ClF3N3O3. The van der Waals surface area contributed by atoms with E-state index in [-0.39, 0.29) is 18.1 Å². The van der Waals surface area contributed by atoms with Crippen molar-refractivity contribution in [2.75, 3.05) is 50.6 Å². The molecule has 1 heterocycles. The van der Waals surface area contributed by atoms with Crippen molar-refractivity contribution in [1.29, 1.82) is 0 Å². The van der Waals surface area contributed by atoms with Gasteiger partial charge in [-0.3, -0.25) is 4.79 Å². The number of anilines is 2. The van der Waals surface area contributed by atoms with Gasteiger partial charge in [-0.15, -0.1) is 12.4 Å². The molecule has 1 saturated heterocycles. The van der Waals surface area contributed by atoms with Crippen LogP contribution in [0.4, 0.5) is 24.5 Å². The molecule has 0 amide bonds. The Morgan fingerprint density at radius 3 is 2.29 bits per heavy atom. The first-order chi connectivity index (χ1) is 12.6. The molecule has 0 saturated carbocycles. The Morgan fingerprint density at radius 2 is 1.79 bits per heavy atom. The fraction of sp³-hybridized carbons (Fsp3) is 0.611. The number of Topliss-reactive ketones (excluding diaryl/α,β-unsaturated/α-hetero) is 1. The zero-order valence-corrected chi connectivity index (χ0v) is 17.2. The van der Waals surface area contributed by atoms with E-state index in [2.05, 4.69) is 15.5 Å². The third-order valence-corrected chi connectivity index (χ3v) is 4.96. The number of ether oxygens (including phenoxy) is 2. The van der Waals surface area contributed by atoms with Crippen LogP contribution in [-0.2, 0) is 9.47 Å². The van der Waals surface area contributed by atoms with Crippen LogP contribution < -0.4 is 15.5 Å². The van der Waals surface area contributed by atoms with Crippen LogP contribution in [0.1, 0.15) is 24.2 Å². The fourth-order valence-corrected chi connectivity index (χ4v) is 2.92. The molecule has 1 aliphatic rings. The van der Waals surface area contributed by atoms with Gasteiger partial charge in [-0.25, -0.2) is 0 Å². The predicted molar refractivity (Wildman–Crippen MR) is 105 cm³/mol. The third kappa shape index (κ3) is 5.50. The molecule has 1 atom stereocenters. The molecule has 0 spiro atoms. The summed E-state index contributed by atoms with van der Waals surface area (Å²) in [6.07, 6.45) is -4.96. The number of hydrogen-bond acceptors (Lipinski definition) is 6. The lowest BCUT2D eigenvalue weighted by Crippen LogP contribution is -2.46. The van der Waals surface area contributed by atoms with Gasteiger partial charge in [0.25, 0.3) is 5.78 Å². The smallest absolute Gasteiger partial charge is 0.377 e. The molecule has 1 aromatic carbocycles. The predicted octanol–water partition coefficient (Wildman–Crippen LogP) is 3.07. The summed E-state index contributed by atoms with van der Waals surface area (Å²) in [4.78, 5) is 13.9. The van der Waals surface area contributed by atoms with Crippen LogP contribution in [0.25, 0.3) is 0 Å². The molecule has 0 aromatic heterocycles. The molecule has 1 fully saturated rings. The number of ketones is 1. The van der Waals surface area contributed by atoms with Crippen LogP contribution in [0.15, 0.2) is 18.2 Å². The number of benzene rings is 1. The summed E-state index contributed by atoms with van der Waals surface area (Å²) in [6.45, 7) is 6.41. The fourth-order valence-electron chi connectivity index (χ4n) is 2.92. The van der Waals surface area contributed by atoms with Gasteiger partial charge >= 0.3 is 6.18 Å². The Bertz CT molecular complexity index is 663. The maximum atomic E-state index is 13.0. The average molecular weight is 426 g/mol. The minimum absolute atomic E-state index is 0. The molecule has 1 unspecified atom stereocenters. The summed E-state index contributed by atoms with van der Waals surface area (Å²) in [6, 6.07) is 3.82. The molecule has 0 bridgehead atoms. The lowest BCUT2D eigenvalue weighted by atomic mass is 10.0. The van der Waals surface area contributed by atoms with E-state index < -0.39 is 29.4 Å². The maximum Gasteiger partial charge on any atom is 0.454 e. The molecular weight excluding hydrogens is 399 g/mol. The number of carbonyl (C=O) groups excluding carboxylic acids is 1. The topological polar surface area (TPSA) is 62.8 Å². The van der Waals surface area contributed by atoms with Crippen molar-refractivity contribution in [1.82, 2.24) is 5.32 Å². The number of nitrogens with zero attached hydrogens (tertiary/aromatic N) is 1. The van der Waals surface area contributed by atoms with Gasteiger partial charge in [-0.05, 0) is 32.0 Å². The second-order valence-corrected chi connectivity index (χ2v) is 6.58. The molecule has 0 aliphatic carbocycles. The summed E-state index contributed by atoms with van der Waals surface area (Å²) in [7, 11) is 2.89. The summed E-state index contributed by atoms with van der Waals surface area (Å²) in [5.74, 6) is -2.97. The Morgan fingerprint density at radius 1 is 1.21 bits per heavy atom. The van der Waals surface area contributed by atoms with E-state index in [1.807, 2.05) is 0 Å². The minimum atomic E-state index is -4.96. The second kappa shape index (κ2) is 9.78. The summed E-state index contributed by atoms with van der Waals surface area (Å²) in [5, 5.41) is 6.19. The highest BCUT2D eigenvalue weighted by atomic mass is 35.5. The first-order valence-corrected chi connectivity index (χ1v) is 8.70. The summed E-state index contributed by atoms with van der Waals surface area (Å²) < 4.78 is 49.7. The van der Waals surface area contributed by atoms with E-state index in [1.54, 1.807) is 26.0 Å². The van der Waals surface area contributed by atoms with E-state index in [1.165, 1.54) is 20.3 Å². The van der Waals surface area contributed by atoms with Gasteiger partial charge in [0.1, 0.15) is 0 Å². The van der Waals surface area contributed by atoms with Gasteiger partial charge in [0.05, 0.1) is 11.6 Å². The molecule has 1 aliphatic heterocycles. The van der Waals surface area contributed by atoms with Crippen molar-refractivity contribution in [3.8, 4) is 0 Å². The van der Waals surface area contributed by atoms with Gasteiger partial charge in [0.15, 0.2) is 5.79 Å². The van der Waals surface area contributed by atoms with E-state index in [0.717, 1.165) is 31.9 Å². The largest absolute Gasteiger partial charge is 0.454 e. The van der Waals surface area contributed by atoms with Gasteiger partial charge in [-0.1, -0.05) is 0 Å². The number of halogens is 4. The summed E-state index contributed by atoms with van der Waals surface area (Å²) in [5.41, 5.74) is 0.422. The van der Waals surface area contributed by atoms with Crippen molar-refractivity contribution >= 4 is 29.6 Å². The van der Waals surface area contributed by atoms with Crippen LogP contribution in [0, 0.1) is 0 Å². The second-order valence-electron chi connectivity index (χ2n) is 6.58. The van der Waals surface area contributed by atoms with Gasteiger partial charge in [0, 0.05) is 51.8 Å². The molecule has 28 heavy (non-hydrogen) atoms. The molecule has 6 nitrogen and oxygen atoms in total. The number of rotatable bonds is 7. The monoisotopic (exact) mass is 425 g/mol. The quantitative estimate of drug-likeness (QED) is 0.517. The number of carbonyl (C=O) groups is 1. The Hall–Kier alpha value is -1.55. The maximum absolute atomic E-state index is 13.0. The number of alkyl halides is 3. The van der Waals surface area contributed by atoms with Crippen LogP contribution in [-0.4, -0.2) is 64.2 Å². The van der Waals surface area contributed by atoms with Crippen molar-refractivity contribution in [2.45, 2.75) is 31.9 Å². The Kier molecular flexibility index (Phi) is 8.55. The first kappa shape index (κ1) is 24.5. The molecule has 10 heteroatoms. The van der Waals surface area contributed by atoms with Crippen LogP contribution in [0.2, 0.25) is 0 Å². The first-order valence-electron chi connectivity index (χ1n) is 8.70. The van der Waals surface area contributed by atoms with Crippen molar-refractivity contribution in [3.05, 3.63) is 23.8 Å². The van der Waals surface area contributed by atoms with Crippen LogP contribution in [0.3, 0.4) is 0 Å². The number of hydrogen-bond donors (Lipinski definition) is 2. The standard InChI is InChI=1S/C18H26F3N3O3.ClH/c1-12(17(2,26-3)27-4)23-15-11-13(24-9-7-22-8-10-24)5-6-14(15)16(25)18(19,20)21;/h5-6,11-12,22-23H,7-10H2,1-4H3;1H. The van der Waals surface area contributed by atoms with Crippen LogP contribution in [0.5, 0.6) is 0 Å². The van der Waals surface area contributed by atoms with Gasteiger partial charge < -0.3 is 25.0 Å². The lowest BCUT2D eigenvalue weighted by Gasteiger charge is -2.35. The van der Waals surface area contributed by atoms with E-state index in [4.69, 9.17) is 9.47 Å². The van der Waals surface area contributed by atoms with Gasteiger partial charge in [-0.2, -0.15) is 13.2 Å². The molecule has 160 valence electrons. The highest BCUT2D eigenvalue weighted by Gasteiger charge is 2.41. The van der Waals surface area contributed by atoms with Crippen LogP contribution >= 0.6 is 12.4 Å². The van der Waals surface area contributed by atoms with Crippen molar-refractivity contribution in [3.63, 3.8) is 0 Å². The third-order valence-electron chi connectivity index (χ3n) is 4.96. The van der Waals surface area contributed by atoms with Crippen molar-refractivity contribution < 1.29 is 27.4 Å². The minimum Gasteiger partial charge on any atom is -0.377 e. The van der Waals surface area contributed by atoms with E-state index in [9.17, 15) is 18.0 Å². The van der Waals surface area contributed by atoms with Crippen molar-refractivity contribution in [2.24, 2.45) is 0 Å². The lowest BCUT2D eigenvalue weighted by molar-refractivity contribution is -0.199. The molecule has 2 N–H and O–H groups in total. The summed E-state index contributed by atoms with van der Waals surface area (Å²) >= 11 is 0. The molecule has 0 radical (unpaired) electrons. The Balaban J connectivity index is 0.00000392. The number of methoxy groups -OCH3 is 2. The van der Waals surface area contributed by atoms with E-state index in [0.29, 0.717) is 0 Å². The normalized spacial score (nSPS) is 16.3. The Labute approximate surface area is 169 Å². The highest BCUT2D eigenvalue weighted by Crippen LogP contribution is 2.32. The van der Waals surface area contributed by atoms with E-state index >= 15 is 0 Å². The zero-order chi connectivity index (χ0) is 20.2. The zero-order valence-electron chi connectivity index (χ0n) is 16.4. The molecule has 2 rings (SSSR count). The highest BCUT2D eigenvalue weighted by molar-refractivity contribution is 6.05.